The lowest BCUT2D eigenvalue weighted by atomic mass is 9.67. The molecule has 0 N–H and O–H groups in total. The molecule has 0 aliphatic heterocycles. The van der Waals surface area contributed by atoms with E-state index in [1.165, 1.54) is 56.1 Å². The molecule has 0 amide bonds. The molecule has 4 rings (SSSR count). The van der Waals surface area contributed by atoms with Gasteiger partial charge in [-0.3, -0.25) is 0 Å². The van der Waals surface area contributed by atoms with Crippen molar-refractivity contribution in [1.82, 2.24) is 0 Å². The number of hydrogen-bond donors (Lipinski definition) is 0. The summed E-state index contributed by atoms with van der Waals surface area (Å²) in [6.07, 6.45) is 12.2. The Kier molecular flexibility index (Phi) is 3.41. The van der Waals surface area contributed by atoms with Crippen LogP contribution in [-0.2, 0) is 11.2 Å². The summed E-state index contributed by atoms with van der Waals surface area (Å²) >= 11 is 0. The van der Waals surface area contributed by atoms with E-state index < -0.39 is 0 Å². The second-order valence-corrected chi connectivity index (χ2v) is 7.32. The van der Waals surface area contributed by atoms with Gasteiger partial charge >= 0.3 is 0 Å². The maximum Gasteiger partial charge on any atom is 0.0496 e. The van der Waals surface area contributed by atoms with Crippen LogP contribution < -0.4 is 0 Å². The summed E-state index contributed by atoms with van der Waals surface area (Å²) in [6.45, 7) is 0.969. The first-order chi connectivity index (χ1) is 10.3. The summed E-state index contributed by atoms with van der Waals surface area (Å²) in [5, 5.41) is 0. The summed E-state index contributed by atoms with van der Waals surface area (Å²) in [5.74, 6) is 1.60. The highest BCUT2D eigenvalue weighted by atomic mass is 16.5. The molecule has 112 valence electrons. The van der Waals surface area contributed by atoms with Crippen LogP contribution in [0.1, 0.15) is 49.7 Å². The van der Waals surface area contributed by atoms with Crippen LogP contribution in [0.3, 0.4) is 0 Å². The number of ether oxygens (including phenoxy) is 1. The summed E-state index contributed by atoms with van der Waals surface area (Å²) in [7, 11) is 1.88. The second kappa shape index (κ2) is 5.28. The molecular formula is C20H26O. The van der Waals surface area contributed by atoms with E-state index in [2.05, 4.69) is 30.3 Å². The van der Waals surface area contributed by atoms with Crippen LogP contribution in [0.5, 0.6) is 0 Å². The highest BCUT2D eigenvalue weighted by Crippen LogP contribution is 2.60. The van der Waals surface area contributed by atoms with Crippen molar-refractivity contribution >= 4 is 6.08 Å². The molecule has 0 unspecified atom stereocenters. The zero-order valence-electron chi connectivity index (χ0n) is 13.1. The molecule has 0 bridgehead atoms. The van der Waals surface area contributed by atoms with E-state index in [0.29, 0.717) is 5.41 Å². The lowest BCUT2D eigenvalue weighted by molar-refractivity contribution is 0.0635. The number of allylic oxidation sites excluding steroid dienone is 1. The number of hydrogen-bond acceptors (Lipinski definition) is 1. The Morgan fingerprint density at radius 3 is 2.76 bits per heavy atom. The van der Waals surface area contributed by atoms with Crippen LogP contribution in [0.15, 0.2) is 29.8 Å². The quantitative estimate of drug-likeness (QED) is 0.769. The van der Waals surface area contributed by atoms with Gasteiger partial charge in [-0.05, 0) is 60.5 Å². The first kappa shape index (κ1) is 13.6. The molecule has 0 radical (unpaired) electrons. The molecule has 1 aromatic rings. The van der Waals surface area contributed by atoms with Crippen LogP contribution >= 0.6 is 0 Å². The maximum atomic E-state index is 5.57. The monoisotopic (exact) mass is 282 g/mol. The van der Waals surface area contributed by atoms with Crippen molar-refractivity contribution in [1.29, 1.82) is 0 Å². The number of benzene rings is 1. The van der Waals surface area contributed by atoms with Gasteiger partial charge in [0.05, 0.1) is 0 Å². The van der Waals surface area contributed by atoms with Crippen molar-refractivity contribution in [3.8, 4) is 0 Å². The fourth-order valence-corrected chi connectivity index (χ4v) is 5.59. The average molecular weight is 282 g/mol. The Morgan fingerprint density at radius 2 is 1.95 bits per heavy atom. The summed E-state index contributed by atoms with van der Waals surface area (Å²) in [6, 6.07) is 8.95. The van der Waals surface area contributed by atoms with Gasteiger partial charge in [-0.1, -0.05) is 48.8 Å². The van der Waals surface area contributed by atoms with Crippen LogP contribution in [0.25, 0.3) is 6.08 Å². The molecular weight excluding hydrogens is 256 g/mol. The molecule has 1 heteroatoms. The predicted octanol–water partition coefficient (Wildman–Crippen LogP) is 4.86. The molecule has 3 aliphatic rings. The van der Waals surface area contributed by atoms with E-state index in [1.807, 2.05) is 7.11 Å². The normalized spacial score (nSPS) is 34.4. The Morgan fingerprint density at radius 1 is 1.14 bits per heavy atom. The molecule has 1 nitrogen and oxygen atoms in total. The van der Waals surface area contributed by atoms with Gasteiger partial charge in [-0.25, -0.2) is 0 Å². The van der Waals surface area contributed by atoms with E-state index in [-0.39, 0.29) is 0 Å². The number of rotatable bonds is 3. The van der Waals surface area contributed by atoms with Crippen molar-refractivity contribution in [2.45, 2.75) is 44.9 Å². The SMILES string of the molecule is COC[C@@H]1CCC[C@@]12CCC[C@@H]2C1=Cc2ccccc2C1. The van der Waals surface area contributed by atoms with Gasteiger partial charge in [0.2, 0.25) is 0 Å². The Balaban J connectivity index is 1.64. The van der Waals surface area contributed by atoms with Gasteiger partial charge in [0.25, 0.3) is 0 Å². The first-order valence-corrected chi connectivity index (χ1v) is 8.61. The molecule has 3 atom stereocenters. The van der Waals surface area contributed by atoms with E-state index in [0.717, 1.165) is 18.4 Å². The van der Waals surface area contributed by atoms with Crippen molar-refractivity contribution in [3.05, 3.63) is 41.0 Å². The molecule has 1 aromatic carbocycles. The minimum atomic E-state index is 0.559. The third-order valence-corrected chi connectivity index (χ3v) is 6.44. The van der Waals surface area contributed by atoms with Crippen molar-refractivity contribution in [3.63, 3.8) is 0 Å². The summed E-state index contributed by atoms with van der Waals surface area (Å²) < 4.78 is 5.57. The second-order valence-electron chi connectivity index (χ2n) is 7.32. The van der Waals surface area contributed by atoms with E-state index in [4.69, 9.17) is 4.74 Å². The fourth-order valence-electron chi connectivity index (χ4n) is 5.59. The third-order valence-electron chi connectivity index (χ3n) is 6.44. The largest absolute Gasteiger partial charge is 0.384 e. The molecule has 2 fully saturated rings. The van der Waals surface area contributed by atoms with Crippen molar-refractivity contribution < 1.29 is 4.74 Å². The average Bonchev–Trinajstić information content (AvgIpc) is 3.19. The van der Waals surface area contributed by atoms with Crippen LogP contribution in [0, 0.1) is 17.3 Å². The van der Waals surface area contributed by atoms with Gasteiger partial charge in [0.1, 0.15) is 0 Å². The van der Waals surface area contributed by atoms with E-state index in [9.17, 15) is 0 Å². The summed E-state index contributed by atoms with van der Waals surface area (Å²) in [4.78, 5) is 0. The lowest BCUT2D eigenvalue weighted by Crippen LogP contribution is -2.33. The zero-order chi connectivity index (χ0) is 14.3. The number of fused-ring (bicyclic) bond motifs is 1. The van der Waals surface area contributed by atoms with Crippen LogP contribution in [-0.4, -0.2) is 13.7 Å². The highest BCUT2D eigenvalue weighted by Gasteiger charge is 2.51. The van der Waals surface area contributed by atoms with Gasteiger partial charge in [0, 0.05) is 13.7 Å². The van der Waals surface area contributed by atoms with Gasteiger partial charge < -0.3 is 4.74 Å². The minimum absolute atomic E-state index is 0.559. The third kappa shape index (κ3) is 2.09. The Hall–Kier alpha value is -1.08. The molecule has 0 saturated heterocycles. The standard InChI is InChI=1S/C20H26O/c1-21-14-18-8-4-10-20(18)11-5-9-19(20)17-12-15-6-2-3-7-16(15)13-17/h2-3,6-7,12,18-19H,4-5,8-11,13-14H2,1H3/t18-,19+,20+/m0/s1. The van der Waals surface area contributed by atoms with E-state index in [1.54, 1.807) is 5.57 Å². The molecule has 0 heterocycles. The molecule has 3 aliphatic carbocycles. The highest BCUT2D eigenvalue weighted by molar-refractivity contribution is 5.64. The van der Waals surface area contributed by atoms with Crippen LogP contribution in [0.4, 0.5) is 0 Å². The summed E-state index contributed by atoms with van der Waals surface area (Å²) in [5.41, 5.74) is 5.28. The molecule has 1 spiro atoms. The topological polar surface area (TPSA) is 9.23 Å². The van der Waals surface area contributed by atoms with Gasteiger partial charge in [-0.2, -0.15) is 0 Å². The van der Waals surface area contributed by atoms with Gasteiger partial charge in [0.15, 0.2) is 0 Å². The molecule has 2 saturated carbocycles. The molecule has 21 heavy (non-hydrogen) atoms. The minimum Gasteiger partial charge on any atom is -0.384 e. The zero-order valence-corrected chi connectivity index (χ0v) is 13.1. The Bertz CT molecular complexity index is 555. The van der Waals surface area contributed by atoms with E-state index >= 15 is 0 Å². The van der Waals surface area contributed by atoms with Crippen molar-refractivity contribution in [2.24, 2.45) is 17.3 Å². The Labute approximate surface area is 128 Å². The lowest BCUT2D eigenvalue weighted by Gasteiger charge is -2.38. The molecule has 0 aromatic heterocycles. The smallest absolute Gasteiger partial charge is 0.0496 e. The van der Waals surface area contributed by atoms with Crippen LogP contribution in [0.2, 0.25) is 0 Å². The fraction of sp³-hybridized carbons (Fsp3) is 0.600. The first-order valence-electron chi connectivity index (χ1n) is 8.61. The van der Waals surface area contributed by atoms with Crippen molar-refractivity contribution in [2.75, 3.05) is 13.7 Å². The number of methoxy groups -OCH3 is 1. The van der Waals surface area contributed by atoms with Gasteiger partial charge in [-0.15, -0.1) is 0 Å². The predicted molar refractivity (Wildman–Crippen MR) is 87.1 cm³/mol. The maximum absolute atomic E-state index is 5.57.